The van der Waals surface area contributed by atoms with E-state index in [1.54, 1.807) is 0 Å². The minimum absolute atomic E-state index is 0.00405. The molecular formula is C63H98N2O16. The number of carbonyl (C=O) groups excluding carboxylic acids is 8. The molecule has 2 unspecified atom stereocenters. The lowest BCUT2D eigenvalue weighted by Crippen LogP contribution is -2.41. The van der Waals surface area contributed by atoms with E-state index < -0.39 is 36.3 Å². The Labute approximate surface area is 481 Å². The van der Waals surface area contributed by atoms with Crippen LogP contribution >= 0.6 is 0 Å². The zero-order valence-electron chi connectivity index (χ0n) is 49.4. The number of nitrogens with one attached hydrogen (secondary N) is 2. The van der Waals surface area contributed by atoms with E-state index in [1.165, 1.54) is 26.7 Å². The number of carbonyl (C=O) groups is 8. The van der Waals surface area contributed by atoms with Crippen molar-refractivity contribution in [1.82, 2.24) is 10.6 Å². The van der Waals surface area contributed by atoms with Gasteiger partial charge in [0.1, 0.15) is 38.0 Å². The second-order valence-electron chi connectivity index (χ2n) is 25.0. The molecule has 6 saturated carbocycles. The van der Waals surface area contributed by atoms with Gasteiger partial charge in [-0.15, -0.1) is 0 Å². The summed E-state index contributed by atoms with van der Waals surface area (Å²) >= 11 is 0. The Hall–Kier alpha value is -4.84. The van der Waals surface area contributed by atoms with Crippen LogP contribution in [0.3, 0.4) is 0 Å². The van der Waals surface area contributed by atoms with Crippen LogP contribution in [0.5, 0.6) is 0 Å². The summed E-state index contributed by atoms with van der Waals surface area (Å²) in [6.07, 6.45) is 19.5. The van der Waals surface area contributed by atoms with Gasteiger partial charge in [-0.1, -0.05) is 65.5 Å². The molecule has 2 amide bonds. The highest BCUT2D eigenvalue weighted by Crippen LogP contribution is 2.49. The molecule has 6 aliphatic carbocycles. The average Bonchev–Trinajstić information content (AvgIpc) is 3.49. The van der Waals surface area contributed by atoms with Crippen LogP contribution in [-0.2, 0) is 66.7 Å². The van der Waals surface area contributed by atoms with Crippen LogP contribution in [0, 0.1) is 52.8 Å². The lowest BCUT2D eigenvalue weighted by Gasteiger charge is -2.46. The van der Waals surface area contributed by atoms with Gasteiger partial charge in [0.25, 0.3) is 0 Å². The maximum absolute atomic E-state index is 13.4. The van der Waals surface area contributed by atoms with Crippen molar-refractivity contribution in [2.75, 3.05) is 52.7 Å². The second-order valence-corrected chi connectivity index (χ2v) is 25.0. The standard InChI is InChI=1S/C63H98N2O16/c1-41(2)57(68)74-35-33-64-61(72)80-53(39-78-59(70)47-21-17-45(18-22-47)55(66)43-13-9-7-10-14-43)37-76-51-29-25-49(26-30-51)63(5,6)50-27-31-52(32-28-50)77-38-54(81-62(73)65-34-36-75-58(69)42(3)4)40-79-60(71)48-23-19-46(20-24-48)56(67)44-15-11-8-12-16-44/h43-54H,1,3,7-40H2,2,4-6H3,(H,64,72)(H,65,73). The highest BCUT2D eigenvalue weighted by atomic mass is 16.6. The molecule has 0 aromatic carbocycles. The third-order valence-corrected chi connectivity index (χ3v) is 18.7. The normalized spacial score (nSPS) is 26.5. The van der Waals surface area contributed by atoms with Gasteiger partial charge in [0.2, 0.25) is 0 Å². The number of Topliss-reactive ketones (excluding diaryl/α,β-unsaturated/α-hetero) is 2. The number of hydrogen-bond acceptors (Lipinski definition) is 16. The number of hydrogen-bond donors (Lipinski definition) is 2. The van der Waals surface area contributed by atoms with E-state index >= 15 is 0 Å². The van der Waals surface area contributed by atoms with Gasteiger partial charge in [-0.2, -0.15) is 0 Å². The van der Waals surface area contributed by atoms with Crippen LogP contribution in [0.4, 0.5) is 9.59 Å². The highest BCUT2D eigenvalue weighted by molar-refractivity contribution is 5.87. The minimum Gasteiger partial charge on any atom is -0.461 e. The molecule has 2 atom stereocenters. The fourth-order valence-electron chi connectivity index (χ4n) is 13.5. The number of alkyl carbamates (subject to hydrolysis) is 2. The van der Waals surface area contributed by atoms with E-state index in [0.29, 0.717) is 74.8 Å². The molecule has 0 aliphatic heterocycles. The third kappa shape index (κ3) is 21.4. The number of ketones is 2. The van der Waals surface area contributed by atoms with Crippen molar-refractivity contribution >= 4 is 47.6 Å². The van der Waals surface area contributed by atoms with Crippen LogP contribution in [0.25, 0.3) is 0 Å². The van der Waals surface area contributed by atoms with Crippen molar-refractivity contribution in [2.45, 2.75) is 219 Å². The SMILES string of the molecule is C=C(C)C(=O)OCCNC(=O)OC(COC(=O)C1CCC(C(=O)C2CCCCC2)CC1)COC1CCC(C(C)(C)C2CCC(OCC(COC(=O)C3CCC(C(=O)C4CCCCC4)CC3)OC(=O)NCCOC(=O)C(=C)C)CC2)CC1. The molecule has 0 bridgehead atoms. The van der Waals surface area contributed by atoms with Crippen molar-refractivity contribution in [2.24, 2.45) is 52.8 Å². The molecule has 6 rings (SSSR count). The summed E-state index contributed by atoms with van der Waals surface area (Å²) in [6.45, 7) is 14.6. The van der Waals surface area contributed by atoms with Crippen LogP contribution in [0.2, 0.25) is 0 Å². The van der Waals surface area contributed by atoms with Crippen molar-refractivity contribution < 1.29 is 76.3 Å². The summed E-state index contributed by atoms with van der Waals surface area (Å²) < 4.78 is 46.0. The van der Waals surface area contributed by atoms with E-state index in [-0.39, 0.29) is 129 Å². The summed E-state index contributed by atoms with van der Waals surface area (Å²) in [5.41, 5.74) is 0.532. The number of amides is 2. The molecule has 0 saturated heterocycles. The lowest BCUT2D eigenvalue weighted by molar-refractivity contribution is -0.156. The largest absolute Gasteiger partial charge is 0.461 e. The Bertz CT molecular complexity index is 1940. The molecule has 81 heavy (non-hydrogen) atoms. The van der Waals surface area contributed by atoms with Crippen LogP contribution in [-0.4, -0.2) is 125 Å². The molecule has 0 radical (unpaired) electrons. The Morgan fingerprint density at radius 2 is 0.741 bits per heavy atom. The molecule has 0 aromatic rings. The Balaban J connectivity index is 0.933. The fourth-order valence-corrected chi connectivity index (χ4v) is 13.5. The first-order valence-electron chi connectivity index (χ1n) is 31.1. The van der Waals surface area contributed by atoms with Gasteiger partial charge < -0.3 is 48.5 Å². The number of rotatable bonds is 28. The molecule has 2 N–H and O–H groups in total. The van der Waals surface area contributed by atoms with Gasteiger partial charge in [0, 0.05) is 34.8 Å². The van der Waals surface area contributed by atoms with E-state index in [1.807, 2.05) is 0 Å². The summed E-state index contributed by atoms with van der Waals surface area (Å²) in [4.78, 5) is 103. The van der Waals surface area contributed by atoms with Crippen LogP contribution < -0.4 is 10.6 Å². The smallest absolute Gasteiger partial charge is 0.407 e. The topological polar surface area (TPSA) is 234 Å². The Morgan fingerprint density at radius 1 is 0.420 bits per heavy atom. The Morgan fingerprint density at radius 3 is 1.07 bits per heavy atom. The third-order valence-electron chi connectivity index (χ3n) is 18.7. The predicted molar refractivity (Wildman–Crippen MR) is 301 cm³/mol. The Kier molecular flexibility index (Phi) is 27.0. The second kappa shape index (κ2) is 33.5. The van der Waals surface area contributed by atoms with E-state index in [9.17, 15) is 38.4 Å². The highest BCUT2D eigenvalue weighted by Gasteiger charge is 2.42. The van der Waals surface area contributed by atoms with Gasteiger partial charge in [-0.05, 0) is 160 Å². The fraction of sp³-hybridized carbons (Fsp3) is 0.810. The molecule has 0 spiro atoms. The van der Waals surface area contributed by atoms with Crippen molar-refractivity contribution in [3.63, 3.8) is 0 Å². The quantitative estimate of drug-likeness (QED) is 0.0321. The van der Waals surface area contributed by atoms with Gasteiger partial charge in [-0.3, -0.25) is 19.2 Å². The predicted octanol–water partition coefficient (Wildman–Crippen LogP) is 10.6. The van der Waals surface area contributed by atoms with Crippen molar-refractivity contribution in [1.29, 1.82) is 0 Å². The van der Waals surface area contributed by atoms with E-state index in [0.717, 1.165) is 103 Å². The molecule has 0 aromatic heterocycles. The van der Waals surface area contributed by atoms with Gasteiger partial charge >= 0.3 is 36.1 Å². The first-order chi connectivity index (χ1) is 38.9. The summed E-state index contributed by atoms with van der Waals surface area (Å²) in [5.74, 6) is -0.517. The zero-order valence-corrected chi connectivity index (χ0v) is 49.4. The summed E-state index contributed by atoms with van der Waals surface area (Å²) in [7, 11) is 0. The average molecular weight is 1140 g/mol. The van der Waals surface area contributed by atoms with Crippen LogP contribution in [0.15, 0.2) is 24.3 Å². The van der Waals surface area contributed by atoms with Crippen LogP contribution in [0.1, 0.15) is 195 Å². The number of ether oxygens (including phenoxy) is 8. The number of esters is 4. The van der Waals surface area contributed by atoms with Gasteiger partial charge in [0.15, 0.2) is 12.2 Å². The minimum atomic E-state index is -0.874. The van der Waals surface area contributed by atoms with E-state index in [2.05, 4.69) is 37.6 Å². The van der Waals surface area contributed by atoms with Gasteiger partial charge in [-0.25, -0.2) is 19.2 Å². The molecule has 456 valence electrons. The summed E-state index contributed by atoms with van der Waals surface area (Å²) in [6, 6.07) is 0. The maximum Gasteiger partial charge on any atom is 0.407 e. The monoisotopic (exact) mass is 1140 g/mol. The molecule has 0 heterocycles. The molecule has 18 heteroatoms. The maximum atomic E-state index is 13.4. The summed E-state index contributed by atoms with van der Waals surface area (Å²) in [5, 5.41) is 5.19. The molecule has 6 aliphatic rings. The first-order valence-corrected chi connectivity index (χ1v) is 31.1. The lowest BCUT2D eigenvalue weighted by atomic mass is 9.60. The first kappa shape index (κ1) is 65.3. The zero-order chi connectivity index (χ0) is 58.3. The van der Waals surface area contributed by atoms with Crippen molar-refractivity contribution in [3.05, 3.63) is 24.3 Å². The molecule has 6 fully saturated rings. The van der Waals surface area contributed by atoms with Crippen molar-refractivity contribution in [3.8, 4) is 0 Å². The van der Waals surface area contributed by atoms with E-state index in [4.69, 9.17) is 37.9 Å². The van der Waals surface area contributed by atoms with Gasteiger partial charge in [0.05, 0.1) is 50.3 Å². The molecule has 18 nitrogen and oxygen atoms in total. The molecular weight excluding hydrogens is 1040 g/mol.